The zero-order valence-corrected chi connectivity index (χ0v) is 13.8. The standard InChI is InChI=1S/C14H22N4O2S/c1-5-18(21(4,19)20)8-6-7-16-14-9-11(2)17-12(3)13(14)10-15/h9H,5-8H2,1-4H3,(H,16,17). The molecule has 0 radical (unpaired) electrons. The van der Waals surface area contributed by atoms with Crippen molar-refractivity contribution in [1.82, 2.24) is 9.29 Å². The van der Waals surface area contributed by atoms with E-state index in [9.17, 15) is 8.42 Å². The highest BCUT2D eigenvalue weighted by Crippen LogP contribution is 2.18. The Morgan fingerprint density at radius 2 is 2.10 bits per heavy atom. The average molecular weight is 310 g/mol. The summed E-state index contributed by atoms with van der Waals surface area (Å²) in [7, 11) is -3.14. The maximum absolute atomic E-state index is 11.5. The smallest absolute Gasteiger partial charge is 0.211 e. The molecule has 1 N–H and O–H groups in total. The SMILES string of the molecule is CCN(CCCNc1cc(C)nc(C)c1C#N)S(C)(=O)=O. The van der Waals surface area contributed by atoms with E-state index >= 15 is 0 Å². The highest BCUT2D eigenvalue weighted by molar-refractivity contribution is 7.88. The maximum atomic E-state index is 11.5. The summed E-state index contributed by atoms with van der Waals surface area (Å²) >= 11 is 0. The summed E-state index contributed by atoms with van der Waals surface area (Å²) in [6.45, 7) is 7.03. The number of sulfonamides is 1. The molecule has 0 amide bonds. The van der Waals surface area contributed by atoms with Gasteiger partial charge in [-0.3, -0.25) is 4.98 Å². The first-order valence-corrected chi connectivity index (χ1v) is 8.71. The van der Waals surface area contributed by atoms with E-state index in [1.807, 2.05) is 19.9 Å². The Bertz CT molecular complexity index is 635. The van der Waals surface area contributed by atoms with Gasteiger partial charge in [-0.15, -0.1) is 0 Å². The van der Waals surface area contributed by atoms with E-state index in [1.165, 1.54) is 10.6 Å². The molecule has 0 aliphatic rings. The predicted octanol–water partition coefficient (Wildman–Crippen LogP) is 1.65. The van der Waals surface area contributed by atoms with Crippen LogP contribution < -0.4 is 5.32 Å². The predicted molar refractivity (Wildman–Crippen MR) is 83.6 cm³/mol. The number of aryl methyl sites for hydroxylation is 2. The second-order valence-electron chi connectivity index (χ2n) is 4.92. The minimum absolute atomic E-state index is 0.466. The topological polar surface area (TPSA) is 86.1 Å². The molecule has 0 saturated heterocycles. The summed E-state index contributed by atoms with van der Waals surface area (Å²) < 4.78 is 24.4. The lowest BCUT2D eigenvalue weighted by molar-refractivity contribution is 0.429. The number of hydrogen-bond acceptors (Lipinski definition) is 5. The summed E-state index contributed by atoms with van der Waals surface area (Å²) in [5, 5.41) is 12.4. The van der Waals surface area contributed by atoms with Gasteiger partial charge in [-0.05, 0) is 26.3 Å². The van der Waals surface area contributed by atoms with Gasteiger partial charge < -0.3 is 5.32 Å². The van der Waals surface area contributed by atoms with Gasteiger partial charge in [0, 0.05) is 25.3 Å². The third-order valence-electron chi connectivity index (χ3n) is 3.16. The number of anilines is 1. The number of pyridine rings is 1. The van der Waals surface area contributed by atoms with Crippen LogP contribution in [0.15, 0.2) is 6.07 Å². The Morgan fingerprint density at radius 1 is 1.43 bits per heavy atom. The van der Waals surface area contributed by atoms with E-state index in [4.69, 9.17) is 5.26 Å². The van der Waals surface area contributed by atoms with Gasteiger partial charge in [0.05, 0.1) is 23.2 Å². The van der Waals surface area contributed by atoms with Gasteiger partial charge in [0.2, 0.25) is 10.0 Å². The molecule has 0 fully saturated rings. The lowest BCUT2D eigenvalue weighted by Gasteiger charge is -2.18. The van der Waals surface area contributed by atoms with E-state index in [-0.39, 0.29) is 0 Å². The van der Waals surface area contributed by atoms with Crippen LogP contribution in [0.3, 0.4) is 0 Å². The Kier molecular flexibility index (Phi) is 6.12. The molecule has 0 saturated carbocycles. The normalized spacial score (nSPS) is 11.4. The monoisotopic (exact) mass is 310 g/mol. The number of aromatic nitrogens is 1. The Hall–Kier alpha value is -1.65. The van der Waals surface area contributed by atoms with Crippen LogP contribution in [0.4, 0.5) is 5.69 Å². The minimum Gasteiger partial charge on any atom is -0.384 e. The lowest BCUT2D eigenvalue weighted by Crippen LogP contribution is -2.31. The summed E-state index contributed by atoms with van der Waals surface area (Å²) in [4.78, 5) is 4.26. The van der Waals surface area contributed by atoms with Crippen molar-refractivity contribution in [2.75, 3.05) is 31.2 Å². The largest absolute Gasteiger partial charge is 0.384 e. The van der Waals surface area contributed by atoms with Crippen molar-refractivity contribution in [3.8, 4) is 6.07 Å². The summed E-state index contributed by atoms with van der Waals surface area (Å²) in [5.41, 5.74) is 2.84. The molecule has 1 aromatic heterocycles. The van der Waals surface area contributed by atoms with Crippen LogP contribution in [-0.4, -0.2) is 43.6 Å². The molecule has 1 heterocycles. The Labute approximate surface area is 126 Å². The molecule has 116 valence electrons. The highest BCUT2D eigenvalue weighted by atomic mass is 32.2. The highest BCUT2D eigenvalue weighted by Gasteiger charge is 2.13. The van der Waals surface area contributed by atoms with Gasteiger partial charge in [0.15, 0.2) is 0 Å². The van der Waals surface area contributed by atoms with Crippen LogP contribution in [0.1, 0.15) is 30.3 Å². The molecule has 7 heteroatoms. The summed E-state index contributed by atoms with van der Waals surface area (Å²) in [6, 6.07) is 3.98. The molecule has 1 aromatic rings. The quantitative estimate of drug-likeness (QED) is 0.774. The first kappa shape index (κ1) is 17.4. The zero-order chi connectivity index (χ0) is 16.0. The van der Waals surface area contributed by atoms with E-state index in [0.717, 1.165) is 11.4 Å². The first-order valence-electron chi connectivity index (χ1n) is 6.87. The molecule has 21 heavy (non-hydrogen) atoms. The molecule has 0 aliphatic carbocycles. The molecule has 0 aromatic carbocycles. The third-order valence-corrected chi connectivity index (χ3v) is 4.54. The van der Waals surface area contributed by atoms with Crippen LogP contribution in [0.2, 0.25) is 0 Å². The van der Waals surface area contributed by atoms with Gasteiger partial charge >= 0.3 is 0 Å². The Morgan fingerprint density at radius 3 is 2.62 bits per heavy atom. The molecule has 0 aliphatic heterocycles. The number of rotatable bonds is 7. The van der Waals surface area contributed by atoms with E-state index in [0.29, 0.717) is 37.3 Å². The van der Waals surface area contributed by atoms with Crippen LogP contribution in [0, 0.1) is 25.2 Å². The fourth-order valence-electron chi connectivity index (χ4n) is 2.15. The molecule has 0 spiro atoms. The third kappa shape index (κ3) is 4.99. The number of nitrogens with one attached hydrogen (secondary N) is 1. The number of nitrogens with zero attached hydrogens (tertiary/aromatic N) is 3. The lowest BCUT2D eigenvalue weighted by atomic mass is 10.1. The maximum Gasteiger partial charge on any atom is 0.211 e. The average Bonchev–Trinajstić information content (AvgIpc) is 2.36. The Balaban J connectivity index is 2.64. The van der Waals surface area contributed by atoms with Crippen LogP contribution in [-0.2, 0) is 10.0 Å². The molecule has 0 atom stereocenters. The van der Waals surface area contributed by atoms with Crippen molar-refractivity contribution in [2.45, 2.75) is 27.2 Å². The molecule has 0 unspecified atom stereocenters. The van der Waals surface area contributed by atoms with Gasteiger partial charge in [0.1, 0.15) is 6.07 Å². The van der Waals surface area contributed by atoms with E-state index in [2.05, 4.69) is 16.4 Å². The number of nitriles is 1. The van der Waals surface area contributed by atoms with Gasteiger partial charge in [-0.2, -0.15) is 5.26 Å². The molecule has 6 nitrogen and oxygen atoms in total. The van der Waals surface area contributed by atoms with Crippen molar-refractivity contribution in [3.05, 3.63) is 23.0 Å². The van der Waals surface area contributed by atoms with E-state index < -0.39 is 10.0 Å². The zero-order valence-electron chi connectivity index (χ0n) is 13.0. The fourth-order valence-corrected chi connectivity index (χ4v) is 3.08. The summed E-state index contributed by atoms with van der Waals surface area (Å²) in [6.07, 6.45) is 1.89. The van der Waals surface area contributed by atoms with E-state index in [1.54, 1.807) is 6.92 Å². The van der Waals surface area contributed by atoms with Gasteiger partial charge in [-0.1, -0.05) is 6.92 Å². The van der Waals surface area contributed by atoms with Crippen molar-refractivity contribution < 1.29 is 8.42 Å². The second kappa shape index (κ2) is 7.38. The van der Waals surface area contributed by atoms with Crippen molar-refractivity contribution in [1.29, 1.82) is 5.26 Å². The van der Waals surface area contributed by atoms with Crippen LogP contribution >= 0.6 is 0 Å². The van der Waals surface area contributed by atoms with Gasteiger partial charge in [0.25, 0.3) is 0 Å². The summed E-state index contributed by atoms with van der Waals surface area (Å²) in [5.74, 6) is 0. The van der Waals surface area contributed by atoms with Crippen molar-refractivity contribution >= 4 is 15.7 Å². The number of hydrogen-bond donors (Lipinski definition) is 1. The molecule has 1 rings (SSSR count). The van der Waals surface area contributed by atoms with Crippen LogP contribution in [0.5, 0.6) is 0 Å². The molecule has 0 bridgehead atoms. The minimum atomic E-state index is -3.14. The molecular formula is C14H22N4O2S. The van der Waals surface area contributed by atoms with Crippen LogP contribution in [0.25, 0.3) is 0 Å². The van der Waals surface area contributed by atoms with Crippen molar-refractivity contribution in [3.63, 3.8) is 0 Å². The van der Waals surface area contributed by atoms with Gasteiger partial charge in [-0.25, -0.2) is 12.7 Å². The second-order valence-corrected chi connectivity index (χ2v) is 6.90. The first-order chi connectivity index (χ1) is 9.79. The fraction of sp³-hybridized carbons (Fsp3) is 0.571. The molecular weight excluding hydrogens is 288 g/mol. The van der Waals surface area contributed by atoms with Crippen molar-refractivity contribution in [2.24, 2.45) is 0 Å².